The molecular formula is C13H9ClF4O5S. The van der Waals surface area contributed by atoms with E-state index in [0.29, 0.717) is 0 Å². The van der Waals surface area contributed by atoms with Crippen LogP contribution in [0.4, 0.5) is 17.6 Å². The molecule has 0 atom stereocenters. The summed E-state index contributed by atoms with van der Waals surface area (Å²) < 4.78 is 87.9. The van der Waals surface area contributed by atoms with Crippen LogP contribution in [0, 0.1) is 5.82 Å². The van der Waals surface area contributed by atoms with E-state index in [-0.39, 0.29) is 17.9 Å². The second-order valence-corrected chi connectivity index (χ2v) is 6.36. The van der Waals surface area contributed by atoms with Gasteiger partial charge in [0.1, 0.15) is 5.75 Å². The Bertz CT molecular complexity index is 867. The topological polar surface area (TPSA) is 61.8 Å². The summed E-state index contributed by atoms with van der Waals surface area (Å²) >= 11 is 5.59. The van der Waals surface area contributed by atoms with E-state index in [1.165, 1.54) is 19.2 Å². The molecule has 0 saturated heterocycles. The number of alkyl halides is 3. The van der Waals surface area contributed by atoms with Gasteiger partial charge in [0.25, 0.3) is 0 Å². The molecule has 0 N–H and O–H groups in total. The van der Waals surface area contributed by atoms with Gasteiger partial charge in [-0.05, 0) is 17.5 Å². The van der Waals surface area contributed by atoms with Crippen molar-refractivity contribution in [3.63, 3.8) is 0 Å². The molecular weight excluding hydrogens is 380 g/mol. The summed E-state index contributed by atoms with van der Waals surface area (Å²) in [6.45, 7) is -0.271. The van der Waals surface area contributed by atoms with Crippen LogP contribution in [0.5, 0.6) is 11.5 Å². The monoisotopic (exact) mass is 388 g/mol. The lowest BCUT2D eigenvalue weighted by Gasteiger charge is -2.14. The molecule has 0 unspecified atom stereocenters. The normalized spacial score (nSPS) is 12.4. The molecule has 2 aromatic carbocycles. The van der Waals surface area contributed by atoms with Crippen molar-refractivity contribution >= 4 is 32.5 Å². The van der Waals surface area contributed by atoms with E-state index in [1.807, 2.05) is 0 Å². The van der Waals surface area contributed by atoms with E-state index < -0.39 is 37.6 Å². The Balaban J connectivity index is 2.66. The second-order valence-electron chi connectivity index (χ2n) is 4.41. The Labute approximate surface area is 138 Å². The first-order valence-electron chi connectivity index (χ1n) is 6.11. The van der Waals surface area contributed by atoms with Gasteiger partial charge in [-0.25, -0.2) is 4.39 Å². The lowest BCUT2D eigenvalue weighted by Crippen LogP contribution is -2.28. The fraction of sp³-hybridized carbons (Fsp3) is 0.231. The van der Waals surface area contributed by atoms with Gasteiger partial charge in [-0.2, -0.15) is 21.6 Å². The molecule has 0 radical (unpaired) electrons. The summed E-state index contributed by atoms with van der Waals surface area (Å²) in [7, 11) is -4.71. The van der Waals surface area contributed by atoms with Gasteiger partial charge in [-0.15, -0.1) is 0 Å². The molecule has 0 aliphatic heterocycles. The highest BCUT2D eigenvalue weighted by Gasteiger charge is 2.48. The summed E-state index contributed by atoms with van der Waals surface area (Å²) in [5, 5.41) is -0.916. The molecule has 5 nitrogen and oxygen atoms in total. The van der Waals surface area contributed by atoms with Crippen LogP contribution in [-0.2, 0) is 14.9 Å². The predicted molar refractivity (Wildman–Crippen MR) is 77.0 cm³/mol. The average molecular weight is 389 g/mol. The minimum absolute atomic E-state index is 0.0258. The van der Waals surface area contributed by atoms with Gasteiger partial charge in [0, 0.05) is 13.2 Å². The molecule has 0 fully saturated rings. The molecule has 0 saturated carbocycles. The van der Waals surface area contributed by atoms with Gasteiger partial charge in [0.2, 0.25) is 0 Å². The van der Waals surface area contributed by atoms with Crippen LogP contribution in [-0.4, -0.2) is 27.8 Å². The van der Waals surface area contributed by atoms with E-state index in [2.05, 4.69) is 8.92 Å². The standard InChI is InChI=1S/C13H9ClF4O5S/c1-21-6-22-8-4-7-2-3-9(14)12(15)11(7)10(5-8)23-24(19,20)13(16,17)18/h2-5H,6H2,1H3. The van der Waals surface area contributed by atoms with Crippen LogP contribution < -0.4 is 8.92 Å². The van der Waals surface area contributed by atoms with E-state index >= 15 is 0 Å². The van der Waals surface area contributed by atoms with Gasteiger partial charge in [0.15, 0.2) is 18.4 Å². The maximum absolute atomic E-state index is 14.2. The first-order valence-corrected chi connectivity index (χ1v) is 7.89. The molecule has 0 bridgehead atoms. The van der Waals surface area contributed by atoms with Crippen molar-refractivity contribution in [2.75, 3.05) is 13.9 Å². The molecule has 2 rings (SSSR count). The summed E-state index contributed by atoms with van der Waals surface area (Å²) in [6, 6.07) is 4.49. The Morgan fingerprint density at radius 1 is 1.21 bits per heavy atom. The third-order valence-corrected chi connectivity index (χ3v) is 4.03. The van der Waals surface area contributed by atoms with Gasteiger partial charge < -0.3 is 13.7 Å². The number of ether oxygens (including phenoxy) is 2. The van der Waals surface area contributed by atoms with Crippen LogP contribution in [0.3, 0.4) is 0 Å². The van der Waals surface area contributed by atoms with Crippen molar-refractivity contribution in [1.29, 1.82) is 0 Å². The fourth-order valence-corrected chi connectivity index (χ4v) is 2.39. The van der Waals surface area contributed by atoms with Crippen LogP contribution in [0.2, 0.25) is 5.02 Å². The van der Waals surface area contributed by atoms with Crippen molar-refractivity contribution in [2.45, 2.75) is 5.51 Å². The number of hydrogen-bond donors (Lipinski definition) is 0. The van der Waals surface area contributed by atoms with Crippen molar-refractivity contribution in [1.82, 2.24) is 0 Å². The van der Waals surface area contributed by atoms with E-state index in [4.69, 9.17) is 16.3 Å². The molecule has 0 spiro atoms. The highest BCUT2D eigenvalue weighted by Crippen LogP contribution is 2.38. The molecule has 0 aliphatic rings. The third-order valence-electron chi connectivity index (χ3n) is 2.77. The van der Waals surface area contributed by atoms with Crippen molar-refractivity contribution < 1.29 is 39.6 Å². The Kier molecular flexibility index (Phi) is 5.11. The van der Waals surface area contributed by atoms with Gasteiger partial charge in [-0.1, -0.05) is 17.7 Å². The summed E-state index contributed by atoms with van der Waals surface area (Å²) in [5.41, 5.74) is -5.68. The Hall–Kier alpha value is -1.78. The zero-order valence-corrected chi connectivity index (χ0v) is 13.4. The van der Waals surface area contributed by atoms with Crippen LogP contribution >= 0.6 is 11.6 Å². The second kappa shape index (κ2) is 6.61. The lowest BCUT2D eigenvalue weighted by molar-refractivity contribution is -0.0499. The van der Waals surface area contributed by atoms with Gasteiger partial charge in [0.05, 0.1) is 10.4 Å². The van der Waals surface area contributed by atoms with Crippen LogP contribution in [0.1, 0.15) is 0 Å². The molecule has 0 amide bonds. The van der Waals surface area contributed by atoms with Gasteiger partial charge >= 0.3 is 15.6 Å². The van der Waals surface area contributed by atoms with Gasteiger partial charge in [-0.3, -0.25) is 0 Å². The lowest BCUT2D eigenvalue weighted by atomic mass is 10.1. The third kappa shape index (κ3) is 3.65. The predicted octanol–water partition coefficient (Wildman–Crippen LogP) is 3.84. The highest BCUT2D eigenvalue weighted by molar-refractivity contribution is 7.88. The maximum Gasteiger partial charge on any atom is 0.534 e. The number of fused-ring (bicyclic) bond motifs is 1. The fourth-order valence-electron chi connectivity index (χ4n) is 1.77. The van der Waals surface area contributed by atoms with Crippen LogP contribution in [0.25, 0.3) is 10.8 Å². The zero-order chi connectivity index (χ0) is 18.1. The number of methoxy groups -OCH3 is 1. The average Bonchev–Trinajstić information content (AvgIpc) is 2.47. The van der Waals surface area contributed by atoms with E-state index in [1.54, 1.807) is 0 Å². The number of rotatable bonds is 5. The molecule has 0 heterocycles. The minimum Gasteiger partial charge on any atom is -0.467 e. The summed E-state index contributed by atoms with van der Waals surface area (Å²) in [4.78, 5) is 0. The SMILES string of the molecule is COCOc1cc(OS(=O)(=O)C(F)(F)F)c2c(F)c(Cl)ccc2c1. The van der Waals surface area contributed by atoms with E-state index in [0.717, 1.165) is 12.1 Å². The molecule has 11 heteroatoms. The van der Waals surface area contributed by atoms with E-state index in [9.17, 15) is 26.0 Å². The maximum atomic E-state index is 14.2. The molecule has 24 heavy (non-hydrogen) atoms. The summed E-state index contributed by atoms with van der Waals surface area (Å²) in [6.07, 6.45) is 0. The minimum atomic E-state index is -6.01. The molecule has 0 aromatic heterocycles. The molecule has 2 aromatic rings. The number of benzene rings is 2. The van der Waals surface area contributed by atoms with Crippen molar-refractivity contribution in [3.8, 4) is 11.5 Å². The molecule has 132 valence electrons. The zero-order valence-electron chi connectivity index (χ0n) is 11.9. The van der Waals surface area contributed by atoms with Crippen molar-refractivity contribution in [3.05, 3.63) is 35.1 Å². The Morgan fingerprint density at radius 2 is 1.88 bits per heavy atom. The smallest absolute Gasteiger partial charge is 0.467 e. The summed E-state index contributed by atoms with van der Waals surface area (Å²) in [5.74, 6) is -2.12. The van der Waals surface area contributed by atoms with Crippen molar-refractivity contribution in [2.24, 2.45) is 0 Å². The first kappa shape index (κ1) is 18.6. The van der Waals surface area contributed by atoms with Crippen LogP contribution in [0.15, 0.2) is 24.3 Å². The quantitative estimate of drug-likeness (QED) is 0.337. The first-order chi connectivity index (χ1) is 11.1. The number of halogens is 5. The largest absolute Gasteiger partial charge is 0.534 e. The number of hydrogen-bond acceptors (Lipinski definition) is 5. The highest BCUT2D eigenvalue weighted by atomic mass is 35.5. The molecule has 0 aliphatic carbocycles. The Morgan fingerprint density at radius 3 is 2.46 bits per heavy atom.